The van der Waals surface area contributed by atoms with Gasteiger partial charge in [0, 0.05) is 24.2 Å². The second-order valence-corrected chi connectivity index (χ2v) is 5.68. The van der Waals surface area contributed by atoms with Crippen LogP contribution < -0.4 is 5.73 Å². The Hall–Kier alpha value is -1.79. The van der Waals surface area contributed by atoms with Crippen molar-refractivity contribution < 1.29 is 4.79 Å². The molecule has 0 radical (unpaired) electrons. The molecule has 2 N–H and O–H groups in total. The summed E-state index contributed by atoms with van der Waals surface area (Å²) < 4.78 is 0. The van der Waals surface area contributed by atoms with Gasteiger partial charge in [-0.25, -0.2) is 0 Å². The number of piperidine rings is 1. The van der Waals surface area contributed by atoms with Gasteiger partial charge in [0.05, 0.1) is 6.54 Å². The normalized spacial score (nSPS) is 15.5. The van der Waals surface area contributed by atoms with Crippen LogP contribution in [-0.4, -0.2) is 30.4 Å². The van der Waals surface area contributed by atoms with Crippen molar-refractivity contribution in [2.45, 2.75) is 33.1 Å². The molecule has 1 aliphatic rings. The van der Waals surface area contributed by atoms with Gasteiger partial charge < -0.3 is 10.6 Å². The number of carbonyl (C=O) groups is 1. The molecule has 1 saturated heterocycles. The Kier molecular flexibility index (Phi) is 5.41. The number of carbonyl (C=O) groups excluding carboxylic acids is 1. The van der Waals surface area contributed by atoms with Crippen LogP contribution in [0.25, 0.3) is 0 Å². The smallest absolute Gasteiger partial charge is 0.253 e. The summed E-state index contributed by atoms with van der Waals surface area (Å²) in [6.07, 6.45) is 3.45. The zero-order valence-corrected chi connectivity index (χ0v) is 13.0. The molecule has 1 aromatic rings. The van der Waals surface area contributed by atoms with Crippen LogP contribution in [0.2, 0.25) is 0 Å². The summed E-state index contributed by atoms with van der Waals surface area (Å²) in [5.41, 5.74) is 8.13. The maximum atomic E-state index is 12.6. The average Bonchev–Trinajstić information content (AvgIpc) is 2.53. The highest BCUT2D eigenvalue weighted by Crippen LogP contribution is 2.22. The van der Waals surface area contributed by atoms with Crippen molar-refractivity contribution >= 4 is 5.91 Å². The van der Waals surface area contributed by atoms with Gasteiger partial charge in [0.2, 0.25) is 0 Å². The molecule has 3 heteroatoms. The van der Waals surface area contributed by atoms with E-state index in [-0.39, 0.29) is 5.91 Å². The molecule has 1 aromatic carbocycles. The third-order valence-electron chi connectivity index (χ3n) is 4.29. The third kappa shape index (κ3) is 3.86. The Labute approximate surface area is 127 Å². The number of rotatable bonds is 2. The van der Waals surface area contributed by atoms with E-state index >= 15 is 0 Å². The van der Waals surface area contributed by atoms with Gasteiger partial charge >= 0.3 is 0 Å². The summed E-state index contributed by atoms with van der Waals surface area (Å²) in [5, 5.41) is 0. The summed E-state index contributed by atoms with van der Waals surface area (Å²) in [6.45, 7) is 6.30. The summed E-state index contributed by atoms with van der Waals surface area (Å²) >= 11 is 0. The molecule has 0 atom stereocenters. The van der Waals surface area contributed by atoms with E-state index in [1.165, 1.54) is 6.42 Å². The monoisotopic (exact) mass is 284 g/mol. The largest absolute Gasteiger partial charge is 0.339 e. The lowest BCUT2D eigenvalue weighted by atomic mass is 9.94. The highest BCUT2D eigenvalue weighted by atomic mass is 16.2. The number of aryl methyl sites for hydroxylation is 1. The maximum Gasteiger partial charge on any atom is 0.253 e. The molecule has 0 spiro atoms. The number of amides is 1. The number of nitrogens with zero attached hydrogens (tertiary/aromatic N) is 1. The van der Waals surface area contributed by atoms with E-state index in [2.05, 4.69) is 18.8 Å². The van der Waals surface area contributed by atoms with Crippen LogP contribution in [0, 0.1) is 24.7 Å². The minimum absolute atomic E-state index is 0.125. The molecule has 112 valence electrons. The lowest BCUT2D eigenvalue weighted by Gasteiger charge is -2.31. The van der Waals surface area contributed by atoms with E-state index in [4.69, 9.17) is 5.73 Å². The van der Waals surface area contributed by atoms with Crippen LogP contribution in [0.1, 0.15) is 47.7 Å². The van der Waals surface area contributed by atoms with Gasteiger partial charge in [-0.3, -0.25) is 4.79 Å². The lowest BCUT2D eigenvalue weighted by molar-refractivity contribution is 0.0689. The van der Waals surface area contributed by atoms with E-state index in [1.807, 2.05) is 30.0 Å². The number of likely N-dealkylation sites (tertiary alicyclic amines) is 1. The molecule has 1 heterocycles. The van der Waals surface area contributed by atoms with Crippen LogP contribution in [0.4, 0.5) is 0 Å². The zero-order chi connectivity index (χ0) is 15.2. The van der Waals surface area contributed by atoms with Crippen molar-refractivity contribution in [2.75, 3.05) is 19.6 Å². The highest BCUT2D eigenvalue weighted by molar-refractivity contribution is 5.94. The SMILES string of the molecule is CCC1CCN(C(=O)c2ccc(C)c(C#CCN)c2)CC1. The van der Waals surface area contributed by atoms with Crippen molar-refractivity contribution in [1.82, 2.24) is 4.90 Å². The van der Waals surface area contributed by atoms with Gasteiger partial charge in [-0.1, -0.05) is 31.3 Å². The Balaban J connectivity index is 2.13. The van der Waals surface area contributed by atoms with E-state index in [0.717, 1.165) is 48.5 Å². The zero-order valence-electron chi connectivity index (χ0n) is 13.0. The van der Waals surface area contributed by atoms with Gasteiger partial charge in [0.1, 0.15) is 0 Å². The van der Waals surface area contributed by atoms with Crippen LogP contribution in [0.5, 0.6) is 0 Å². The Morgan fingerprint density at radius 2 is 2.10 bits per heavy atom. The van der Waals surface area contributed by atoms with Gasteiger partial charge in [-0.05, 0) is 43.4 Å². The molecule has 21 heavy (non-hydrogen) atoms. The summed E-state index contributed by atoms with van der Waals surface area (Å²) in [6, 6.07) is 5.76. The van der Waals surface area contributed by atoms with Crippen molar-refractivity contribution in [2.24, 2.45) is 11.7 Å². The standard InChI is InChI=1S/C18H24N2O/c1-3-15-8-11-20(12-9-15)18(21)17-7-6-14(2)16(13-17)5-4-10-19/h6-7,13,15H,3,8-12,19H2,1-2H3. The fourth-order valence-corrected chi connectivity index (χ4v) is 2.76. The fourth-order valence-electron chi connectivity index (χ4n) is 2.76. The summed E-state index contributed by atoms with van der Waals surface area (Å²) in [4.78, 5) is 14.6. The van der Waals surface area contributed by atoms with Crippen molar-refractivity contribution in [3.05, 3.63) is 34.9 Å². The number of benzene rings is 1. The maximum absolute atomic E-state index is 12.6. The van der Waals surface area contributed by atoms with Gasteiger partial charge in [-0.15, -0.1) is 0 Å². The van der Waals surface area contributed by atoms with Crippen molar-refractivity contribution in [3.63, 3.8) is 0 Å². The minimum Gasteiger partial charge on any atom is -0.339 e. The van der Waals surface area contributed by atoms with E-state index in [0.29, 0.717) is 6.54 Å². The highest BCUT2D eigenvalue weighted by Gasteiger charge is 2.22. The molecule has 0 unspecified atom stereocenters. The molecule has 1 aliphatic heterocycles. The first-order chi connectivity index (χ1) is 10.2. The lowest BCUT2D eigenvalue weighted by Crippen LogP contribution is -2.38. The molecular weight excluding hydrogens is 260 g/mol. The topological polar surface area (TPSA) is 46.3 Å². The molecule has 2 rings (SSSR count). The molecule has 0 aliphatic carbocycles. The Morgan fingerprint density at radius 3 is 2.71 bits per heavy atom. The van der Waals surface area contributed by atoms with E-state index in [1.54, 1.807) is 0 Å². The molecular formula is C18H24N2O. The summed E-state index contributed by atoms with van der Waals surface area (Å²) in [7, 11) is 0. The quantitative estimate of drug-likeness (QED) is 0.848. The van der Waals surface area contributed by atoms with Crippen molar-refractivity contribution in [1.29, 1.82) is 0 Å². The van der Waals surface area contributed by atoms with Crippen LogP contribution >= 0.6 is 0 Å². The van der Waals surface area contributed by atoms with Gasteiger partial charge in [0.15, 0.2) is 0 Å². The van der Waals surface area contributed by atoms with Crippen LogP contribution in [0.3, 0.4) is 0 Å². The number of hydrogen-bond acceptors (Lipinski definition) is 2. The first-order valence-electron chi connectivity index (χ1n) is 7.74. The molecule has 3 nitrogen and oxygen atoms in total. The number of hydrogen-bond donors (Lipinski definition) is 1. The average molecular weight is 284 g/mol. The Bertz CT molecular complexity index is 560. The van der Waals surface area contributed by atoms with Crippen LogP contribution in [-0.2, 0) is 0 Å². The van der Waals surface area contributed by atoms with E-state index in [9.17, 15) is 4.79 Å². The molecule has 0 saturated carbocycles. The predicted octanol–water partition coefficient (Wildman–Crippen LogP) is 2.57. The predicted molar refractivity (Wildman–Crippen MR) is 86.0 cm³/mol. The third-order valence-corrected chi connectivity index (χ3v) is 4.29. The molecule has 1 fully saturated rings. The number of nitrogens with two attached hydrogens (primary N) is 1. The van der Waals surface area contributed by atoms with E-state index < -0.39 is 0 Å². The first kappa shape index (κ1) is 15.6. The second kappa shape index (κ2) is 7.28. The van der Waals surface area contributed by atoms with Crippen molar-refractivity contribution in [3.8, 4) is 11.8 Å². The minimum atomic E-state index is 0.125. The molecule has 0 bridgehead atoms. The van der Waals surface area contributed by atoms with Crippen LogP contribution in [0.15, 0.2) is 18.2 Å². The Morgan fingerprint density at radius 1 is 1.38 bits per heavy atom. The van der Waals surface area contributed by atoms with Gasteiger partial charge in [-0.2, -0.15) is 0 Å². The summed E-state index contributed by atoms with van der Waals surface area (Å²) in [5.74, 6) is 6.80. The fraction of sp³-hybridized carbons (Fsp3) is 0.500. The first-order valence-corrected chi connectivity index (χ1v) is 7.74. The van der Waals surface area contributed by atoms with Gasteiger partial charge in [0.25, 0.3) is 5.91 Å². The molecule has 1 amide bonds. The molecule has 0 aromatic heterocycles. The second-order valence-electron chi connectivity index (χ2n) is 5.68.